The summed E-state index contributed by atoms with van der Waals surface area (Å²) >= 11 is 0. The Morgan fingerprint density at radius 1 is 1.03 bits per heavy atom. The van der Waals surface area contributed by atoms with Gasteiger partial charge in [-0.1, -0.05) is 57.7 Å². The van der Waals surface area contributed by atoms with Crippen LogP contribution in [-0.4, -0.2) is 54.9 Å². The fourth-order valence-electron chi connectivity index (χ4n) is 5.72. The second-order valence-corrected chi connectivity index (χ2v) is 10.3. The third kappa shape index (κ3) is 6.41. The van der Waals surface area contributed by atoms with Gasteiger partial charge < -0.3 is 24.6 Å². The minimum Gasteiger partial charge on any atom is -0.497 e. The Balaban J connectivity index is 1.61. The van der Waals surface area contributed by atoms with Crippen molar-refractivity contribution in [3.8, 4) is 17.2 Å². The molecule has 0 unspecified atom stereocenters. The standard InChI is InChI=1S/C30H40N2O6/c1-4-6-8-22(9-7-5-2)31-27(33)18-32-17-24(21-12-15-25-26(16-21)38-19-37-25)28(30(34)35)29(32)20-10-13-23(36-3)14-11-20/h10-16,22,24,28-29H,4-9,17-19H2,1-3H3,(H,31,33)(H,34,35)/t24-,28-,29+/m1/s1. The third-order valence-corrected chi connectivity index (χ3v) is 7.69. The molecule has 8 nitrogen and oxygen atoms in total. The third-order valence-electron chi connectivity index (χ3n) is 7.69. The van der Waals surface area contributed by atoms with E-state index in [0.717, 1.165) is 49.7 Å². The van der Waals surface area contributed by atoms with Gasteiger partial charge in [-0.05, 0) is 48.2 Å². The highest BCUT2D eigenvalue weighted by Gasteiger charge is 2.48. The zero-order valence-corrected chi connectivity index (χ0v) is 22.7. The van der Waals surface area contributed by atoms with Gasteiger partial charge >= 0.3 is 5.97 Å². The van der Waals surface area contributed by atoms with Crippen molar-refractivity contribution in [2.45, 2.75) is 70.4 Å². The SMILES string of the molecule is CCCCC(CCCC)NC(=O)CN1C[C@H](c2ccc3c(c2)OCO3)[C@@H](C(=O)O)[C@@H]1c1ccc(OC)cc1. The summed E-state index contributed by atoms with van der Waals surface area (Å²) in [7, 11) is 1.60. The van der Waals surface area contributed by atoms with E-state index in [-0.39, 0.29) is 31.2 Å². The number of rotatable bonds is 13. The lowest BCUT2D eigenvalue weighted by Gasteiger charge is -2.28. The summed E-state index contributed by atoms with van der Waals surface area (Å²) in [5.41, 5.74) is 1.72. The van der Waals surface area contributed by atoms with Crippen molar-refractivity contribution < 1.29 is 28.9 Å². The van der Waals surface area contributed by atoms with E-state index in [9.17, 15) is 14.7 Å². The number of carboxylic acid groups (broad SMARTS) is 1. The molecule has 2 N–H and O–H groups in total. The largest absolute Gasteiger partial charge is 0.497 e. The molecular formula is C30H40N2O6. The molecule has 2 aliphatic rings. The molecule has 0 aliphatic carbocycles. The number of benzene rings is 2. The highest BCUT2D eigenvalue weighted by molar-refractivity contribution is 5.79. The first-order valence-electron chi connectivity index (χ1n) is 13.7. The highest BCUT2D eigenvalue weighted by Crippen LogP contribution is 2.47. The Hall–Kier alpha value is -3.26. The number of carbonyl (C=O) groups excluding carboxylic acids is 1. The van der Waals surface area contributed by atoms with Gasteiger partial charge in [0.2, 0.25) is 12.7 Å². The Kier molecular flexibility index (Phi) is 9.50. The lowest BCUT2D eigenvalue weighted by molar-refractivity contribution is -0.143. The molecule has 2 aliphatic heterocycles. The average Bonchev–Trinajstić information content (AvgIpc) is 3.54. The number of aliphatic carboxylic acids is 1. The Bertz CT molecular complexity index is 1080. The fraction of sp³-hybridized carbons (Fsp3) is 0.533. The van der Waals surface area contributed by atoms with Crippen molar-refractivity contribution in [2.24, 2.45) is 5.92 Å². The molecule has 206 valence electrons. The van der Waals surface area contributed by atoms with Crippen LogP contribution >= 0.6 is 0 Å². The monoisotopic (exact) mass is 524 g/mol. The lowest BCUT2D eigenvalue weighted by atomic mass is 9.82. The summed E-state index contributed by atoms with van der Waals surface area (Å²) in [5.74, 6) is -0.0306. The molecule has 2 aromatic rings. The number of nitrogens with one attached hydrogen (secondary N) is 1. The normalized spacial score (nSPS) is 20.6. The van der Waals surface area contributed by atoms with E-state index < -0.39 is 17.9 Å². The van der Waals surface area contributed by atoms with E-state index in [1.807, 2.05) is 47.4 Å². The van der Waals surface area contributed by atoms with Gasteiger partial charge in [0.15, 0.2) is 11.5 Å². The molecule has 0 spiro atoms. The van der Waals surface area contributed by atoms with Gasteiger partial charge in [0.25, 0.3) is 0 Å². The zero-order chi connectivity index (χ0) is 27.1. The van der Waals surface area contributed by atoms with Crippen LogP contribution in [0.5, 0.6) is 17.2 Å². The maximum Gasteiger partial charge on any atom is 0.309 e. The lowest BCUT2D eigenvalue weighted by Crippen LogP contribution is -2.42. The van der Waals surface area contributed by atoms with E-state index in [4.69, 9.17) is 14.2 Å². The van der Waals surface area contributed by atoms with E-state index in [1.54, 1.807) is 7.11 Å². The molecule has 1 fully saturated rings. The molecule has 2 heterocycles. The average molecular weight is 525 g/mol. The number of methoxy groups -OCH3 is 1. The summed E-state index contributed by atoms with van der Waals surface area (Å²) in [6.45, 7) is 5.05. The molecule has 0 saturated carbocycles. The molecule has 0 aromatic heterocycles. The van der Waals surface area contributed by atoms with Crippen LogP contribution in [0.25, 0.3) is 0 Å². The maximum absolute atomic E-state index is 13.3. The predicted molar refractivity (Wildman–Crippen MR) is 145 cm³/mol. The van der Waals surface area contributed by atoms with Gasteiger partial charge in [0.05, 0.1) is 19.6 Å². The van der Waals surface area contributed by atoms with Gasteiger partial charge in [-0.15, -0.1) is 0 Å². The number of fused-ring (bicyclic) bond motifs is 1. The van der Waals surface area contributed by atoms with Crippen LogP contribution in [0.4, 0.5) is 0 Å². The van der Waals surface area contributed by atoms with E-state index in [2.05, 4.69) is 19.2 Å². The number of amides is 1. The number of carbonyl (C=O) groups is 2. The minimum absolute atomic E-state index is 0.0591. The van der Waals surface area contributed by atoms with Gasteiger partial charge in [0, 0.05) is 24.5 Å². The topological polar surface area (TPSA) is 97.3 Å². The van der Waals surface area contributed by atoms with Crippen molar-refractivity contribution in [3.63, 3.8) is 0 Å². The second-order valence-electron chi connectivity index (χ2n) is 10.3. The van der Waals surface area contributed by atoms with Crippen molar-refractivity contribution >= 4 is 11.9 Å². The molecule has 4 rings (SSSR count). The quantitative estimate of drug-likeness (QED) is 0.375. The van der Waals surface area contributed by atoms with Crippen molar-refractivity contribution in [1.82, 2.24) is 10.2 Å². The fourth-order valence-corrected chi connectivity index (χ4v) is 5.72. The van der Waals surface area contributed by atoms with Crippen LogP contribution < -0.4 is 19.5 Å². The summed E-state index contributed by atoms with van der Waals surface area (Å²) in [5, 5.41) is 13.7. The molecule has 1 saturated heterocycles. The first kappa shape index (κ1) is 27.8. The number of hydrogen-bond donors (Lipinski definition) is 2. The van der Waals surface area contributed by atoms with Gasteiger partial charge in [-0.25, -0.2) is 0 Å². The van der Waals surface area contributed by atoms with Gasteiger partial charge in [0.1, 0.15) is 5.75 Å². The number of nitrogens with zero attached hydrogens (tertiary/aromatic N) is 1. The first-order chi connectivity index (χ1) is 18.4. The number of likely N-dealkylation sites (tertiary alicyclic amines) is 1. The number of carboxylic acids is 1. The van der Waals surface area contributed by atoms with E-state index >= 15 is 0 Å². The van der Waals surface area contributed by atoms with Crippen LogP contribution in [0.1, 0.15) is 75.5 Å². The molecule has 8 heteroatoms. The van der Waals surface area contributed by atoms with Crippen molar-refractivity contribution in [3.05, 3.63) is 53.6 Å². The Morgan fingerprint density at radius 3 is 2.32 bits per heavy atom. The summed E-state index contributed by atoms with van der Waals surface area (Å²) in [6.07, 6.45) is 6.23. The van der Waals surface area contributed by atoms with E-state index in [0.29, 0.717) is 23.8 Å². The van der Waals surface area contributed by atoms with Crippen LogP contribution in [0.3, 0.4) is 0 Å². The Morgan fingerprint density at radius 2 is 1.68 bits per heavy atom. The zero-order valence-electron chi connectivity index (χ0n) is 22.7. The van der Waals surface area contributed by atoms with Crippen molar-refractivity contribution in [2.75, 3.05) is 27.0 Å². The summed E-state index contributed by atoms with van der Waals surface area (Å²) in [6, 6.07) is 12.8. The predicted octanol–water partition coefficient (Wildman–Crippen LogP) is 5.13. The van der Waals surface area contributed by atoms with Crippen molar-refractivity contribution in [1.29, 1.82) is 0 Å². The van der Waals surface area contributed by atoms with Gasteiger partial charge in [-0.3, -0.25) is 14.5 Å². The Labute approximate surface area is 225 Å². The molecular weight excluding hydrogens is 484 g/mol. The molecule has 0 bridgehead atoms. The van der Waals surface area contributed by atoms with Gasteiger partial charge in [-0.2, -0.15) is 0 Å². The molecule has 38 heavy (non-hydrogen) atoms. The molecule has 0 radical (unpaired) electrons. The van der Waals surface area contributed by atoms with Crippen LogP contribution in [0, 0.1) is 5.92 Å². The van der Waals surface area contributed by atoms with E-state index in [1.165, 1.54) is 0 Å². The molecule has 2 aromatic carbocycles. The number of ether oxygens (including phenoxy) is 3. The van der Waals surface area contributed by atoms with Crippen LogP contribution in [0.2, 0.25) is 0 Å². The number of unbranched alkanes of at least 4 members (excludes halogenated alkanes) is 2. The summed E-state index contributed by atoms with van der Waals surface area (Å²) < 4.78 is 16.3. The minimum atomic E-state index is -0.889. The molecule has 3 atom stereocenters. The number of hydrogen-bond acceptors (Lipinski definition) is 6. The maximum atomic E-state index is 13.3. The molecule has 1 amide bonds. The summed E-state index contributed by atoms with van der Waals surface area (Å²) in [4.78, 5) is 28.1. The highest BCUT2D eigenvalue weighted by atomic mass is 16.7. The second kappa shape index (κ2) is 13.0. The van der Waals surface area contributed by atoms with Crippen LogP contribution in [0.15, 0.2) is 42.5 Å². The first-order valence-corrected chi connectivity index (χ1v) is 13.7. The smallest absolute Gasteiger partial charge is 0.309 e. The van der Waals surface area contributed by atoms with Crippen LogP contribution in [-0.2, 0) is 9.59 Å².